The molecule has 0 aliphatic heterocycles. The minimum atomic E-state index is -3.28. The van der Waals surface area contributed by atoms with Crippen molar-refractivity contribution in [3.63, 3.8) is 0 Å². The lowest BCUT2D eigenvalue weighted by Gasteiger charge is -2.07. The van der Waals surface area contributed by atoms with E-state index in [-0.39, 0.29) is 11.5 Å². The number of benzene rings is 1. The SMILES string of the molecule is CS(=O)(=O)c1cnn(-c2cc(Br)ccc2CO)c1. The third-order valence-electron chi connectivity index (χ3n) is 2.45. The molecule has 0 radical (unpaired) electrons. The van der Waals surface area contributed by atoms with E-state index in [0.29, 0.717) is 11.3 Å². The van der Waals surface area contributed by atoms with Crippen LogP contribution in [0.5, 0.6) is 0 Å². The molecule has 1 aromatic carbocycles. The van der Waals surface area contributed by atoms with Gasteiger partial charge in [-0.3, -0.25) is 0 Å². The van der Waals surface area contributed by atoms with Crippen LogP contribution in [0.15, 0.2) is 40.0 Å². The van der Waals surface area contributed by atoms with Gasteiger partial charge in [-0.2, -0.15) is 5.10 Å². The Morgan fingerprint density at radius 3 is 2.72 bits per heavy atom. The van der Waals surface area contributed by atoms with Crippen LogP contribution in [0.1, 0.15) is 5.56 Å². The van der Waals surface area contributed by atoms with Gasteiger partial charge in [-0.1, -0.05) is 22.0 Å². The number of nitrogens with zero attached hydrogens (tertiary/aromatic N) is 2. The molecule has 7 heteroatoms. The summed E-state index contributed by atoms with van der Waals surface area (Å²) in [6, 6.07) is 5.32. The molecule has 0 amide bonds. The van der Waals surface area contributed by atoms with Crippen LogP contribution in [0, 0.1) is 0 Å². The lowest BCUT2D eigenvalue weighted by atomic mass is 10.2. The standard InChI is InChI=1S/C11H11BrN2O3S/c1-18(16,17)10-5-13-14(6-10)11-4-9(12)3-2-8(11)7-15/h2-6,15H,7H2,1H3. The van der Waals surface area contributed by atoms with Gasteiger partial charge in [0.2, 0.25) is 0 Å². The highest BCUT2D eigenvalue weighted by molar-refractivity contribution is 9.10. The van der Waals surface area contributed by atoms with Crippen LogP contribution in [-0.4, -0.2) is 29.6 Å². The van der Waals surface area contributed by atoms with E-state index in [1.165, 1.54) is 17.1 Å². The lowest BCUT2D eigenvalue weighted by molar-refractivity contribution is 0.281. The Balaban J connectivity index is 2.55. The zero-order chi connectivity index (χ0) is 13.3. The first-order chi connectivity index (χ1) is 8.41. The molecule has 0 unspecified atom stereocenters. The van der Waals surface area contributed by atoms with Gasteiger partial charge >= 0.3 is 0 Å². The number of aliphatic hydroxyl groups is 1. The van der Waals surface area contributed by atoms with Crippen molar-refractivity contribution in [3.8, 4) is 5.69 Å². The third-order valence-corrected chi connectivity index (χ3v) is 4.01. The van der Waals surface area contributed by atoms with E-state index in [1.807, 2.05) is 0 Å². The Bertz CT molecular complexity index is 679. The van der Waals surface area contributed by atoms with Crippen LogP contribution in [0.25, 0.3) is 5.69 Å². The van der Waals surface area contributed by atoms with Crippen molar-refractivity contribution in [1.29, 1.82) is 0 Å². The number of hydrogen-bond acceptors (Lipinski definition) is 4. The molecule has 0 spiro atoms. The van der Waals surface area contributed by atoms with E-state index < -0.39 is 9.84 Å². The van der Waals surface area contributed by atoms with E-state index in [4.69, 9.17) is 0 Å². The lowest BCUT2D eigenvalue weighted by Crippen LogP contribution is -2.00. The summed E-state index contributed by atoms with van der Waals surface area (Å²) in [6.07, 6.45) is 3.84. The summed E-state index contributed by atoms with van der Waals surface area (Å²) in [7, 11) is -3.28. The first-order valence-electron chi connectivity index (χ1n) is 5.06. The molecule has 96 valence electrons. The number of sulfone groups is 1. The van der Waals surface area contributed by atoms with Gasteiger partial charge in [0.1, 0.15) is 4.90 Å². The topological polar surface area (TPSA) is 72.2 Å². The molecule has 0 saturated carbocycles. The van der Waals surface area contributed by atoms with Crippen molar-refractivity contribution in [1.82, 2.24) is 9.78 Å². The van der Waals surface area contributed by atoms with Crippen LogP contribution >= 0.6 is 15.9 Å². The molecule has 0 aliphatic rings. The summed E-state index contributed by atoms with van der Waals surface area (Å²) in [5, 5.41) is 13.3. The van der Waals surface area contributed by atoms with Crippen molar-refractivity contribution >= 4 is 25.8 Å². The largest absolute Gasteiger partial charge is 0.392 e. The normalized spacial score (nSPS) is 11.7. The van der Waals surface area contributed by atoms with Gasteiger partial charge in [0, 0.05) is 22.5 Å². The molecule has 0 saturated heterocycles. The molecule has 1 aromatic heterocycles. The molecule has 0 atom stereocenters. The number of hydrogen-bond donors (Lipinski definition) is 1. The number of halogens is 1. The smallest absolute Gasteiger partial charge is 0.178 e. The Morgan fingerprint density at radius 1 is 1.44 bits per heavy atom. The van der Waals surface area contributed by atoms with Crippen LogP contribution in [0.3, 0.4) is 0 Å². The van der Waals surface area contributed by atoms with Gasteiger partial charge in [0.15, 0.2) is 9.84 Å². The highest BCUT2D eigenvalue weighted by Crippen LogP contribution is 2.21. The predicted octanol–water partition coefficient (Wildman–Crippen LogP) is 1.53. The second kappa shape index (κ2) is 4.83. The van der Waals surface area contributed by atoms with E-state index in [1.54, 1.807) is 18.2 Å². The summed E-state index contributed by atoms with van der Waals surface area (Å²) in [6.45, 7) is -0.142. The molecular weight excluding hydrogens is 320 g/mol. The van der Waals surface area contributed by atoms with Gasteiger partial charge in [-0.25, -0.2) is 13.1 Å². The van der Waals surface area contributed by atoms with Crippen LogP contribution in [0.2, 0.25) is 0 Å². The van der Waals surface area contributed by atoms with Crippen LogP contribution in [-0.2, 0) is 16.4 Å². The number of aromatic nitrogens is 2. The predicted molar refractivity (Wildman–Crippen MR) is 70.3 cm³/mol. The average molecular weight is 331 g/mol. The maximum atomic E-state index is 11.4. The molecule has 5 nitrogen and oxygen atoms in total. The Kier molecular flexibility index (Phi) is 3.56. The fourth-order valence-electron chi connectivity index (χ4n) is 1.51. The number of rotatable bonds is 3. The monoisotopic (exact) mass is 330 g/mol. The fraction of sp³-hybridized carbons (Fsp3) is 0.182. The highest BCUT2D eigenvalue weighted by Gasteiger charge is 2.12. The van der Waals surface area contributed by atoms with Gasteiger partial charge in [0.25, 0.3) is 0 Å². The van der Waals surface area contributed by atoms with E-state index >= 15 is 0 Å². The first-order valence-corrected chi connectivity index (χ1v) is 7.74. The van der Waals surface area contributed by atoms with Crippen molar-refractivity contribution in [2.24, 2.45) is 0 Å². The minimum absolute atomic E-state index is 0.142. The molecule has 0 bridgehead atoms. The average Bonchev–Trinajstić information content (AvgIpc) is 2.77. The minimum Gasteiger partial charge on any atom is -0.392 e. The molecule has 18 heavy (non-hydrogen) atoms. The van der Waals surface area contributed by atoms with E-state index in [2.05, 4.69) is 21.0 Å². The second-order valence-corrected chi connectivity index (χ2v) is 6.76. The van der Waals surface area contributed by atoms with Crippen LogP contribution < -0.4 is 0 Å². The first kappa shape index (κ1) is 13.3. The summed E-state index contributed by atoms with van der Waals surface area (Å²) < 4.78 is 25.0. The molecular formula is C11H11BrN2O3S. The highest BCUT2D eigenvalue weighted by atomic mass is 79.9. The molecule has 1 heterocycles. The second-order valence-electron chi connectivity index (χ2n) is 3.82. The van der Waals surface area contributed by atoms with Gasteiger partial charge in [-0.15, -0.1) is 0 Å². The zero-order valence-electron chi connectivity index (χ0n) is 9.54. The summed E-state index contributed by atoms with van der Waals surface area (Å²) in [5.74, 6) is 0. The van der Waals surface area contributed by atoms with Crippen molar-refractivity contribution < 1.29 is 13.5 Å². The van der Waals surface area contributed by atoms with E-state index in [0.717, 1.165) is 10.7 Å². The summed E-state index contributed by atoms with van der Waals surface area (Å²) >= 11 is 3.33. The van der Waals surface area contributed by atoms with Crippen molar-refractivity contribution in [2.45, 2.75) is 11.5 Å². The maximum Gasteiger partial charge on any atom is 0.178 e. The van der Waals surface area contributed by atoms with Crippen molar-refractivity contribution in [3.05, 3.63) is 40.6 Å². The van der Waals surface area contributed by atoms with E-state index in [9.17, 15) is 13.5 Å². The zero-order valence-corrected chi connectivity index (χ0v) is 11.9. The number of aliphatic hydroxyl groups excluding tert-OH is 1. The summed E-state index contributed by atoms with van der Waals surface area (Å²) in [4.78, 5) is 0.145. The third kappa shape index (κ3) is 2.63. The van der Waals surface area contributed by atoms with Crippen molar-refractivity contribution in [2.75, 3.05) is 6.26 Å². The molecule has 2 rings (SSSR count). The Labute approximate surface area is 113 Å². The Morgan fingerprint density at radius 2 is 2.17 bits per heavy atom. The van der Waals surface area contributed by atoms with Gasteiger partial charge in [0.05, 0.1) is 18.5 Å². The maximum absolute atomic E-state index is 11.4. The van der Waals surface area contributed by atoms with Gasteiger partial charge in [-0.05, 0) is 12.1 Å². The molecule has 2 aromatic rings. The van der Waals surface area contributed by atoms with Crippen LogP contribution in [0.4, 0.5) is 0 Å². The molecule has 1 N–H and O–H groups in total. The molecule has 0 aliphatic carbocycles. The molecule has 0 fully saturated rings. The van der Waals surface area contributed by atoms with Gasteiger partial charge < -0.3 is 5.11 Å². The summed E-state index contributed by atoms with van der Waals surface area (Å²) in [5.41, 5.74) is 1.31. The quantitative estimate of drug-likeness (QED) is 0.926. The fourth-order valence-corrected chi connectivity index (χ4v) is 2.39. The Hall–Kier alpha value is -1.18.